The summed E-state index contributed by atoms with van der Waals surface area (Å²) in [7, 11) is 0. The van der Waals surface area contributed by atoms with Crippen LogP contribution in [0.15, 0.2) is 46.8 Å². The van der Waals surface area contributed by atoms with Crippen molar-refractivity contribution in [1.82, 2.24) is 9.38 Å². The third kappa shape index (κ3) is 2.83. The Morgan fingerprint density at radius 1 is 1.13 bits per heavy atom. The van der Waals surface area contributed by atoms with E-state index in [1.807, 2.05) is 32.9 Å². The Morgan fingerprint density at radius 2 is 1.91 bits per heavy atom. The van der Waals surface area contributed by atoms with Crippen molar-refractivity contribution in [2.24, 2.45) is 10.2 Å². The van der Waals surface area contributed by atoms with E-state index in [1.54, 1.807) is 10.6 Å². The van der Waals surface area contributed by atoms with Crippen LogP contribution in [0.1, 0.15) is 27.2 Å². The molecule has 2 aromatic heterocycles. The molecule has 6 nitrogen and oxygen atoms in total. The molecule has 0 aliphatic carbocycles. The molecule has 0 saturated heterocycles. The third-order valence-corrected chi connectivity index (χ3v) is 3.62. The summed E-state index contributed by atoms with van der Waals surface area (Å²) < 4.78 is 1.73. The van der Waals surface area contributed by atoms with Crippen molar-refractivity contribution >= 4 is 23.1 Å². The van der Waals surface area contributed by atoms with Crippen LogP contribution < -0.4 is 0 Å². The van der Waals surface area contributed by atoms with Gasteiger partial charge in [-0.25, -0.2) is 9.78 Å². The number of aromatic nitrogens is 2. The molecule has 0 aliphatic heterocycles. The van der Waals surface area contributed by atoms with E-state index in [9.17, 15) is 4.79 Å². The van der Waals surface area contributed by atoms with Gasteiger partial charge in [0.1, 0.15) is 5.65 Å². The van der Waals surface area contributed by atoms with Gasteiger partial charge in [0, 0.05) is 6.20 Å². The van der Waals surface area contributed by atoms with Gasteiger partial charge >= 0.3 is 5.97 Å². The normalized spacial score (nSPS) is 11.4. The van der Waals surface area contributed by atoms with Crippen molar-refractivity contribution in [3.63, 3.8) is 0 Å². The smallest absolute Gasteiger partial charge is 0.335 e. The number of aryl methyl sites for hydroxylation is 3. The molecule has 2 heterocycles. The number of nitrogens with zero attached hydrogens (tertiary/aromatic N) is 4. The SMILES string of the molecule is Cc1ccc(N=Nc2c(C)nc3cc(C(=O)O)ccn23)c(C)c1. The molecule has 0 bridgehead atoms. The summed E-state index contributed by atoms with van der Waals surface area (Å²) in [6.07, 6.45) is 1.65. The van der Waals surface area contributed by atoms with E-state index in [1.165, 1.54) is 17.7 Å². The van der Waals surface area contributed by atoms with Gasteiger partial charge in [0.05, 0.1) is 16.9 Å². The van der Waals surface area contributed by atoms with Crippen LogP contribution in [-0.2, 0) is 0 Å². The van der Waals surface area contributed by atoms with Crippen LogP contribution in [0.5, 0.6) is 0 Å². The molecular formula is C17H16N4O2. The largest absolute Gasteiger partial charge is 0.478 e. The Balaban J connectivity index is 2.04. The zero-order chi connectivity index (χ0) is 16.6. The number of aromatic carboxylic acids is 1. The van der Waals surface area contributed by atoms with Crippen LogP contribution in [0.4, 0.5) is 11.5 Å². The van der Waals surface area contributed by atoms with Crippen LogP contribution in [0.25, 0.3) is 5.65 Å². The van der Waals surface area contributed by atoms with E-state index < -0.39 is 5.97 Å². The summed E-state index contributed by atoms with van der Waals surface area (Å²) in [5.41, 5.74) is 4.45. The number of imidazole rings is 1. The fourth-order valence-electron chi connectivity index (χ4n) is 2.42. The highest BCUT2D eigenvalue weighted by Crippen LogP contribution is 2.26. The van der Waals surface area contributed by atoms with Crippen molar-refractivity contribution < 1.29 is 9.90 Å². The molecule has 0 atom stereocenters. The molecule has 0 saturated carbocycles. The highest BCUT2D eigenvalue weighted by atomic mass is 16.4. The van der Waals surface area contributed by atoms with Crippen LogP contribution in [0, 0.1) is 20.8 Å². The fraction of sp³-hybridized carbons (Fsp3) is 0.176. The molecule has 3 aromatic rings. The highest BCUT2D eigenvalue weighted by molar-refractivity contribution is 5.88. The first-order chi connectivity index (χ1) is 11.0. The number of carboxylic acid groups (broad SMARTS) is 1. The average molecular weight is 308 g/mol. The van der Waals surface area contributed by atoms with E-state index in [0.29, 0.717) is 17.2 Å². The summed E-state index contributed by atoms with van der Waals surface area (Å²) in [4.78, 5) is 15.4. The van der Waals surface area contributed by atoms with Gasteiger partial charge in [0.2, 0.25) is 0 Å². The molecule has 6 heteroatoms. The van der Waals surface area contributed by atoms with E-state index in [2.05, 4.69) is 21.3 Å². The van der Waals surface area contributed by atoms with Crippen molar-refractivity contribution in [2.75, 3.05) is 0 Å². The first-order valence-electron chi connectivity index (χ1n) is 7.16. The molecule has 3 rings (SSSR count). The van der Waals surface area contributed by atoms with Crippen molar-refractivity contribution in [1.29, 1.82) is 0 Å². The molecule has 0 amide bonds. The number of azo groups is 1. The van der Waals surface area contributed by atoms with Gasteiger partial charge in [-0.3, -0.25) is 4.40 Å². The lowest BCUT2D eigenvalue weighted by atomic mass is 10.1. The van der Waals surface area contributed by atoms with Crippen LogP contribution >= 0.6 is 0 Å². The number of rotatable bonds is 3. The Labute approximate surface area is 133 Å². The predicted octanol–water partition coefficient (Wildman–Crippen LogP) is 4.37. The number of carbonyl (C=O) groups is 1. The molecule has 0 radical (unpaired) electrons. The van der Waals surface area contributed by atoms with E-state index in [-0.39, 0.29) is 5.56 Å². The number of carboxylic acids is 1. The molecule has 23 heavy (non-hydrogen) atoms. The van der Waals surface area contributed by atoms with E-state index >= 15 is 0 Å². The minimum atomic E-state index is -0.980. The topological polar surface area (TPSA) is 79.3 Å². The third-order valence-electron chi connectivity index (χ3n) is 3.62. The second kappa shape index (κ2) is 5.64. The maximum absolute atomic E-state index is 11.0. The monoisotopic (exact) mass is 308 g/mol. The maximum Gasteiger partial charge on any atom is 0.335 e. The van der Waals surface area contributed by atoms with Crippen LogP contribution in [0.3, 0.4) is 0 Å². The minimum absolute atomic E-state index is 0.195. The number of benzene rings is 1. The fourth-order valence-corrected chi connectivity index (χ4v) is 2.42. The molecule has 0 unspecified atom stereocenters. The molecular weight excluding hydrogens is 292 g/mol. The summed E-state index contributed by atoms with van der Waals surface area (Å²) in [6.45, 7) is 5.84. The van der Waals surface area contributed by atoms with Crippen molar-refractivity contribution in [3.05, 3.63) is 58.9 Å². The van der Waals surface area contributed by atoms with Gasteiger partial charge in [-0.15, -0.1) is 10.2 Å². The Morgan fingerprint density at radius 3 is 2.61 bits per heavy atom. The number of hydrogen-bond acceptors (Lipinski definition) is 4. The Hall–Kier alpha value is -3.02. The lowest BCUT2D eigenvalue weighted by Crippen LogP contribution is -1.97. The highest BCUT2D eigenvalue weighted by Gasteiger charge is 2.11. The molecule has 1 N–H and O–H groups in total. The van der Waals surface area contributed by atoms with Crippen LogP contribution in [-0.4, -0.2) is 20.5 Å². The first kappa shape index (κ1) is 14.9. The number of pyridine rings is 1. The van der Waals surface area contributed by atoms with Gasteiger partial charge in [0.15, 0.2) is 5.82 Å². The van der Waals surface area contributed by atoms with Gasteiger partial charge in [0.25, 0.3) is 0 Å². The molecule has 1 aromatic carbocycles. The number of hydrogen-bond donors (Lipinski definition) is 1. The van der Waals surface area contributed by atoms with Gasteiger partial charge < -0.3 is 5.11 Å². The Bertz CT molecular complexity index is 941. The van der Waals surface area contributed by atoms with Crippen molar-refractivity contribution in [2.45, 2.75) is 20.8 Å². The van der Waals surface area contributed by atoms with Crippen molar-refractivity contribution in [3.8, 4) is 0 Å². The molecule has 0 aliphatic rings. The zero-order valence-corrected chi connectivity index (χ0v) is 13.1. The quantitative estimate of drug-likeness (QED) is 0.729. The average Bonchev–Trinajstić information content (AvgIpc) is 2.81. The van der Waals surface area contributed by atoms with Gasteiger partial charge in [-0.05, 0) is 44.5 Å². The second-order valence-corrected chi connectivity index (χ2v) is 5.46. The lowest BCUT2D eigenvalue weighted by Gasteiger charge is -2.01. The molecule has 0 fully saturated rings. The summed E-state index contributed by atoms with van der Waals surface area (Å²) in [6, 6.07) is 9.00. The Kier molecular flexibility index (Phi) is 3.65. The number of fused-ring (bicyclic) bond motifs is 1. The first-order valence-corrected chi connectivity index (χ1v) is 7.16. The van der Waals surface area contributed by atoms with E-state index in [0.717, 1.165) is 11.3 Å². The van der Waals surface area contributed by atoms with Crippen LogP contribution in [0.2, 0.25) is 0 Å². The summed E-state index contributed by atoms with van der Waals surface area (Å²) in [5, 5.41) is 17.7. The van der Waals surface area contributed by atoms with Gasteiger partial charge in [-0.1, -0.05) is 17.7 Å². The van der Waals surface area contributed by atoms with E-state index in [4.69, 9.17) is 5.11 Å². The van der Waals surface area contributed by atoms with Gasteiger partial charge in [-0.2, -0.15) is 0 Å². The standard InChI is InChI=1S/C17H16N4O2/c1-10-4-5-14(11(2)8-10)19-20-16-12(3)18-15-9-13(17(22)23)6-7-21(15)16/h4-9H,1-3H3,(H,22,23). The molecule has 0 spiro atoms. The minimum Gasteiger partial charge on any atom is -0.478 e. The predicted molar refractivity (Wildman–Crippen MR) is 87.0 cm³/mol. The second-order valence-electron chi connectivity index (χ2n) is 5.46. The maximum atomic E-state index is 11.0. The summed E-state index contributed by atoms with van der Waals surface area (Å²) >= 11 is 0. The summed E-state index contributed by atoms with van der Waals surface area (Å²) in [5.74, 6) is -0.386. The molecule has 116 valence electrons. The zero-order valence-electron chi connectivity index (χ0n) is 13.1. The lowest BCUT2D eigenvalue weighted by molar-refractivity contribution is 0.0697.